The zero-order valence-electron chi connectivity index (χ0n) is 12.7. The lowest BCUT2D eigenvalue weighted by atomic mass is 9.78. The van der Waals surface area contributed by atoms with E-state index < -0.39 is 5.60 Å². The molecule has 2 N–H and O–H groups in total. The second-order valence-corrected chi connectivity index (χ2v) is 7.13. The largest absolute Gasteiger partial charge is 0.384 e. The zero-order chi connectivity index (χ0) is 14.1. The van der Waals surface area contributed by atoms with E-state index in [4.69, 9.17) is 0 Å². The standard InChI is InChI=1S/C17H27NO/c1-16(2,3)18-12-17(4,19)15-10-6-9-14(11-15)13-7-5-8-13/h6,9-11,13,18-19H,5,7-8,12H2,1-4H3. The van der Waals surface area contributed by atoms with E-state index in [1.807, 2.05) is 13.0 Å². The summed E-state index contributed by atoms with van der Waals surface area (Å²) in [6.45, 7) is 8.83. The van der Waals surface area contributed by atoms with Crippen LogP contribution in [-0.2, 0) is 5.60 Å². The molecule has 1 atom stereocenters. The second-order valence-electron chi connectivity index (χ2n) is 7.13. The lowest BCUT2D eigenvalue weighted by Crippen LogP contribution is -2.44. The summed E-state index contributed by atoms with van der Waals surface area (Å²) < 4.78 is 0. The predicted molar refractivity (Wildman–Crippen MR) is 80.4 cm³/mol. The smallest absolute Gasteiger partial charge is 0.0992 e. The molecule has 1 saturated carbocycles. The molecule has 0 aromatic heterocycles. The van der Waals surface area contributed by atoms with E-state index >= 15 is 0 Å². The van der Waals surface area contributed by atoms with Gasteiger partial charge in [0.15, 0.2) is 0 Å². The maximum atomic E-state index is 10.7. The summed E-state index contributed by atoms with van der Waals surface area (Å²) in [6, 6.07) is 8.50. The van der Waals surface area contributed by atoms with Gasteiger partial charge in [0.25, 0.3) is 0 Å². The number of benzene rings is 1. The molecular formula is C17H27NO. The van der Waals surface area contributed by atoms with E-state index in [1.165, 1.54) is 24.8 Å². The first kappa shape index (κ1) is 14.5. The van der Waals surface area contributed by atoms with Gasteiger partial charge in [-0.15, -0.1) is 0 Å². The molecular weight excluding hydrogens is 234 g/mol. The second kappa shape index (κ2) is 5.26. The third-order valence-corrected chi connectivity index (χ3v) is 4.05. The van der Waals surface area contributed by atoms with E-state index in [1.54, 1.807) is 0 Å². The van der Waals surface area contributed by atoms with Gasteiger partial charge < -0.3 is 10.4 Å². The molecule has 0 saturated heterocycles. The summed E-state index contributed by atoms with van der Waals surface area (Å²) >= 11 is 0. The minimum absolute atomic E-state index is 0.0234. The van der Waals surface area contributed by atoms with Crippen molar-refractivity contribution in [2.75, 3.05) is 6.54 Å². The fourth-order valence-corrected chi connectivity index (χ4v) is 2.41. The average molecular weight is 261 g/mol. The first-order valence-electron chi connectivity index (χ1n) is 7.36. The monoisotopic (exact) mass is 261 g/mol. The Balaban J connectivity index is 2.10. The first-order valence-corrected chi connectivity index (χ1v) is 7.36. The number of aliphatic hydroxyl groups is 1. The molecule has 1 fully saturated rings. The number of β-amino-alcohol motifs (C(OH)–C–C–N with tert-alkyl or cyclic N) is 1. The third-order valence-electron chi connectivity index (χ3n) is 4.05. The van der Waals surface area contributed by atoms with Crippen molar-refractivity contribution in [2.45, 2.75) is 64.0 Å². The molecule has 2 nitrogen and oxygen atoms in total. The van der Waals surface area contributed by atoms with Gasteiger partial charge in [-0.05, 0) is 57.6 Å². The maximum Gasteiger partial charge on any atom is 0.0992 e. The Bertz CT molecular complexity index is 427. The minimum atomic E-state index is -0.812. The quantitative estimate of drug-likeness (QED) is 0.868. The van der Waals surface area contributed by atoms with Gasteiger partial charge in [0.05, 0.1) is 5.60 Å². The van der Waals surface area contributed by atoms with E-state index in [-0.39, 0.29) is 5.54 Å². The van der Waals surface area contributed by atoms with Crippen LogP contribution in [0.3, 0.4) is 0 Å². The molecule has 0 aliphatic heterocycles. The van der Waals surface area contributed by atoms with Gasteiger partial charge in [0, 0.05) is 12.1 Å². The van der Waals surface area contributed by atoms with Crippen LogP contribution in [0.4, 0.5) is 0 Å². The van der Waals surface area contributed by atoms with Crippen LogP contribution in [0, 0.1) is 0 Å². The molecule has 1 aromatic carbocycles. The molecule has 2 heteroatoms. The number of nitrogens with one attached hydrogen (secondary N) is 1. The summed E-state index contributed by atoms with van der Waals surface area (Å²) in [4.78, 5) is 0. The molecule has 0 spiro atoms. The van der Waals surface area contributed by atoms with Crippen LogP contribution < -0.4 is 5.32 Å². The third kappa shape index (κ3) is 3.80. The average Bonchev–Trinajstić information content (AvgIpc) is 2.24. The van der Waals surface area contributed by atoms with Crippen molar-refractivity contribution in [3.8, 4) is 0 Å². The summed E-state index contributed by atoms with van der Waals surface area (Å²) in [5.74, 6) is 0.714. The van der Waals surface area contributed by atoms with Crippen LogP contribution in [-0.4, -0.2) is 17.2 Å². The van der Waals surface area contributed by atoms with Crippen LogP contribution in [0.1, 0.15) is 64.0 Å². The maximum absolute atomic E-state index is 10.7. The topological polar surface area (TPSA) is 32.3 Å². The highest BCUT2D eigenvalue weighted by Crippen LogP contribution is 2.37. The summed E-state index contributed by atoms with van der Waals surface area (Å²) in [6.07, 6.45) is 3.94. The fourth-order valence-electron chi connectivity index (χ4n) is 2.41. The molecule has 1 unspecified atom stereocenters. The van der Waals surface area contributed by atoms with Crippen LogP contribution in [0.25, 0.3) is 0 Å². The highest BCUT2D eigenvalue weighted by molar-refractivity contribution is 5.31. The summed E-state index contributed by atoms with van der Waals surface area (Å²) in [5, 5.41) is 14.1. The van der Waals surface area contributed by atoms with Crippen molar-refractivity contribution in [3.63, 3.8) is 0 Å². The van der Waals surface area contributed by atoms with Crippen molar-refractivity contribution in [2.24, 2.45) is 0 Å². The molecule has 0 amide bonds. The van der Waals surface area contributed by atoms with Gasteiger partial charge in [-0.2, -0.15) is 0 Å². The first-order chi connectivity index (χ1) is 8.78. The number of hydrogen-bond donors (Lipinski definition) is 2. The Labute approximate surface area is 117 Å². The highest BCUT2D eigenvalue weighted by Gasteiger charge is 2.27. The molecule has 2 rings (SSSR count). The van der Waals surface area contributed by atoms with E-state index in [0.717, 1.165) is 5.56 Å². The zero-order valence-corrected chi connectivity index (χ0v) is 12.7. The summed E-state index contributed by atoms with van der Waals surface area (Å²) in [5.41, 5.74) is 1.62. The lowest BCUT2D eigenvalue weighted by molar-refractivity contribution is 0.0500. The van der Waals surface area contributed by atoms with Crippen molar-refractivity contribution >= 4 is 0 Å². The molecule has 19 heavy (non-hydrogen) atoms. The predicted octanol–water partition coefficient (Wildman–Crippen LogP) is 3.55. The van der Waals surface area contributed by atoms with Crippen LogP contribution >= 0.6 is 0 Å². The molecule has 0 heterocycles. The fraction of sp³-hybridized carbons (Fsp3) is 0.647. The Morgan fingerprint density at radius 1 is 1.21 bits per heavy atom. The number of rotatable bonds is 4. The Morgan fingerprint density at radius 3 is 2.42 bits per heavy atom. The van der Waals surface area contributed by atoms with E-state index in [0.29, 0.717) is 12.5 Å². The summed E-state index contributed by atoms with van der Waals surface area (Å²) in [7, 11) is 0. The number of hydrogen-bond acceptors (Lipinski definition) is 2. The Kier molecular flexibility index (Phi) is 4.03. The van der Waals surface area contributed by atoms with Crippen molar-refractivity contribution in [1.82, 2.24) is 5.32 Å². The van der Waals surface area contributed by atoms with Crippen molar-refractivity contribution < 1.29 is 5.11 Å². The van der Waals surface area contributed by atoms with Gasteiger partial charge in [-0.3, -0.25) is 0 Å². The van der Waals surface area contributed by atoms with Gasteiger partial charge in [0.2, 0.25) is 0 Å². The molecule has 0 bridgehead atoms. The lowest BCUT2D eigenvalue weighted by Gasteiger charge is -2.31. The Morgan fingerprint density at radius 2 is 1.89 bits per heavy atom. The van der Waals surface area contributed by atoms with Gasteiger partial charge in [0.1, 0.15) is 0 Å². The van der Waals surface area contributed by atoms with E-state index in [9.17, 15) is 5.11 Å². The van der Waals surface area contributed by atoms with Crippen LogP contribution in [0.5, 0.6) is 0 Å². The van der Waals surface area contributed by atoms with E-state index in [2.05, 4.69) is 44.3 Å². The van der Waals surface area contributed by atoms with Crippen LogP contribution in [0.15, 0.2) is 24.3 Å². The van der Waals surface area contributed by atoms with Crippen molar-refractivity contribution in [1.29, 1.82) is 0 Å². The van der Waals surface area contributed by atoms with Gasteiger partial charge >= 0.3 is 0 Å². The SMILES string of the molecule is CC(C)(C)NCC(C)(O)c1cccc(C2CCC2)c1. The highest BCUT2D eigenvalue weighted by atomic mass is 16.3. The van der Waals surface area contributed by atoms with Gasteiger partial charge in [-0.1, -0.05) is 30.7 Å². The molecule has 1 aliphatic rings. The molecule has 1 aromatic rings. The van der Waals surface area contributed by atoms with Gasteiger partial charge in [-0.25, -0.2) is 0 Å². The van der Waals surface area contributed by atoms with Crippen LogP contribution in [0.2, 0.25) is 0 Å². The minimum Gasteiger partial charge on any atom is -0.384 e. The molecule has 106 valence electrons. The molecule has 0 radical (unpaired) electrons. The Hall–Kier alpha value is -0.860. The molecule has 1 aliphatic carbocycles. The van der Waals surface area contributed by atoms with Crippen molar-refractivity contribution in [3.05, 3.63) is 35.4 Å². The normalized spacial score (nSPS) is 19.8.